The third-order valence-corrected chi connectivity index (χ3v) is 3.24. The van der Waals surface area contributed by atoms with Gasteiger partial charge in [-0.1, -0.05) is 5.21 Å². The predicted molar refractivity (Wildman–Crippen MR) is 71.9 cm³/mol. The first kappa shape index (κ1) is 14.9. The van der Waals surface area contributed by atoms with E-state index >= 15 is 0 Å². The van der Waals surface area contributed by atoms with Gasteiger partial charge in [-0.25, -0.2) is 4.68 Å². The first-order chi connectivity index (χ1) is 9.25. The molecule has 2 rings (SSSR count). The van der Waals surface area contributed by atoms with Gasteiger partial charge in [-0.2, -0.15) is 0 Å². The Hall–Kier alpha value is -1.47. The van der Waals surface area contributed by atoms with Crippen molar-refractivity contribution in [2.45, 2.75) is 52.0 Å². The molecule has 0 aliphatic carbocycles. The molecule has 1 aromatic rings. The number of ether oxygens (including phenoxy) is 1. The summed E-state index contributed by atoms with van der Waals surface area (Å²) >= 11 is 0. The monoisotopic (exact) mass is 282 g/mol. The highest BCUT2D eigenvalue weighted by atomic mass is 16.5. The van der Waals surface area contributed by atoms with Crippen molar-refractivity contribution in [3.8, 4) is 0 Å². The van der Waals surface area contributed by atoms with Crippen LogP contribution in [0.1, 0.15) is 33.4 Å². The molecule has 7 nitrogen and oxygen atoms in total. The first-order valence-electron chi connectivity index (χ1n) is 6.82. The van der Waals surface area contributed by atoms with Crippen molar-refractivity contribution in [1.82, 2.24) is 19.9 Å². The summed E-state index contributed by atoms with van der Waals surface area (Å²) in [5, 5.41) is 17.6. The fourth-order valence-corrected chi connectivity index (χ4v) is 2.28. The lowest BCUT2D eigenvalue weighted by Crippen LogP contribution is -2.49. The van der Waals surface area contributed by atoms with Gasteiger partial charge in [0, 0.05) is 13.1 Å². The van der Waals surface area contributed by atoms with Crippen LogP contribution < -0.4 is 0 Å². The first-order valence-corrected chi connectivity index (χ1v) is 6.82. The number of carbonyl (C=O) groups is 1. The summed E-state index contributed by atoms with van der Waals surface area (Å²) in [6, 6.07) is 0. The summed E-state index contributed by atoms with van der Waals surface area (Å²) in [5.41, 5.74) is -0.600. The Balaban J connectivity index is 1.99. The topological polar surface area (TPSA) is 80.5 Å². The molecule has 2 heterocycles. The minimum Gasteiger partial charge on any atom is -0.384 e. The average Bonchev–Trinajstić information content (AvgIpc) is 2.75. The molecule has 0 aromatic carbocycles. The Morgan fingerprint density at radius 3 is 2.55 bits per heavy atom. The van der Waals surface area contributed by atoms with Crippen LogP contribution in [0.2, 0.25) is 0 Å². The summed E-state index contributed by atoms with van der Waals surface area (Å²) < 4.78 is 7.06. The molecule has 1 aromatic heterocycles. The molecule has 112 valence electrons. The van der Waals surface area contributed by atoms with Crippen LogP contribution in [0, 0.1) is 0 Å². The maximum atomic E-state index is 12.2. The van der Waals surface area contributed by atoms with Crippen LogP contribution >= 0.6 is 0 Å². The molecule has 0 spiro atoms. The molecule has 0 bridgehead atoms. The molecule has 1 saturated heterocycles. The maximum Gasteiger partial charge on any atom is 0.244 e. The molecule has 1 amide bonds. The van der Waals surface area contributed by atoms with E-state index < -0.39 is 5.60 Å². The average molecular weight is 282 g/mol. The van der Waals surface area contributed by atoms with Crippen molar-refractivity contribution in [2.24, 2.45) is 0 Å². The quantitative estimate of drug-likeness (QED) is 0.853. The SMILES string of the molecule is CC1CN(C(=O)Cn2cc(C(C)(C)O)nn2)CC(C)O1. The van der Waals surface area contributed by atoms with Gasteiger partial charge in [0.15, 0.2) is 0 Å². The van der Waals surface area contributed by atoms with Crippen LogP contribution in [-0.4, -0.2) is 56.2 Å². The van der Waals surface area contributed by atoms with Crippen LogP contribution in [0.15, 0.2) is 6.20 Å². The molecular weight excluding hydrogens is 260 g/mol. The van der Waals surface area contributed by atoms with Crippen molar-refractivity contribution in [2.75, 3.05) is 13.1 Å². The summed E-state index contributed by atoms with van der Waals surface area (Å²) in [7, 11) is 0. The number of rotatable bonds is 3. The lowest BCUT2D eigenvalue weighted by Gasteiger charge is -2.35. The second kappa shape index (κ2) is 5.49. The van der Waals surface area contributed by atoms with Crippen molar-refractivity contribution in [3.05, 3.63) is 11.9 Å². The van der Waals surface area contributed by atoms with Crippen LogP contribution in [-0.2, 0) is 21.7 Å². The van der Waals surface area contributed by atoms with Gasteiger partial charge in [-0.15, -0.1) is 5.10 Å². The molecule has 1 N–H and O–H groups in total. The largest absolute Gasteiger partial charge is 0.384 e. The number of aliphatic hydroxyl groups is 1. The van der Waals surface area contributed by atoms with Crippen LogP contribution in [0.5, 0.6) is 0 Å². The minimum atomic E-state index is -1.05. The predicted octanol–water partition coefficient (Wildman–Crippen LogP) is 0.141. The lowest BCUT2D eigenvalue weighted by atomic mass is 10.1. The van der Waals surface area contributed by atoms with Crippen LogP contribution in [0.4, 0.5) is 0 Å². The van der Waals surface area contributed by atoms with Crippen molar-refractivity contribution < 1.29 is 14.6 Å². The van der Waals surface area contributed by atoms with E-state index in [2.05, 4.69) is 10.3 Å². The number of morpholine rings is 1. The van der Waals surface area contributed by atoms with Gasteiger partial charge in [0.1, 0.15) is 17.8 Å². The number of aromatic nitrogens is 3. The van der Waals surface area contributed by atoms with Gasteiger partial charge in [0.05, 0.1) is 18.4 Å². The van der Waals surface area contributed by atoms with Gasteiger partial charge < -0.3 is 14.7 Å². The van der Waals surface area contributed by atoms with E-state index in [0.29, 0.717) is 18.8 Å². The zero-order chi connectivity index (χ0) is 14.9. The van der Waals surface area contributed by atoms with E-state index in [1.54, 1.807) is 24.9 Å². The molecule has 0 saturated carbocycles. The van der Waals surface area contributed by atoms with Crippen LogP contribution in [0.3, 0.4) is 0 Å². The summed E-state index contributed by atoms with van der Waals surface area (Å²) in [6.45, 7) is 8.49. The fourth-order valence-electron chi connectivity index (χ4n) is 2.28. The third kappa shape index (κ3) is 3.55. The Morgan fingerprint density at radius 1 is 1.45 bits per heavy atom. The molecule has 7 heteroatoms. The molecule has 1 fully saturated rings. The van der Waals surface area contributed by atoms with E-state index in [1.807, 2.05) is 13.8 Å². The molecule has 2 unspecified atom stereocenters. The number of amides is 1. The van der Waals surface area contributed by atoms with Crippen molar-refractivity contribution >= 4 is 5.91 Å². The zero-order valence-electron chi connectivity index (χ0n) is 12.4. The molecule has 1 aliphatic rings. The van der Waals surface area contributed by atoms with E-state index in [4.69, 9.17) is 4.74 Å². The van der Waals surface area contributed by atoms with Crippen LogP contribution in [0.25, 0.3) is 0 Å². The number of nitrogens with zero attached hydrogens (tertiary/aromatic N) is 4. The highest BCUT2D eigenvalue weighted by molar-refractivity contribution is 5.76. The highest BCUT2D eigenvalue weighted by Gasteiger charge is 2.26. The smallest absolute Gasteiger partial charge is 0.244 e. The third-order valence-electron chi connectivity index (χ3n) is 3.24. The molecule has 1 aliphatic heterocycles. The Bertz CT molecular complexity index is 470. The maximum absolute atomic E-state index is 12.2. The van der Waals surface area contributed by atoms with E-state index in [-0.39, 0.29) is 24.7 Å². The minimum absolute atomic E-state index is 0.0146. The zero-order valence-corrected chi connectivity index (χ0v) is 12.4. The molecule has 2 atom stereocenters. The number of hydrogen-bond donors (Lipinski definition) is 1. The highest BCUT2D eigenvalue weighted by Crippen LogP contribution is 2.16. The van der Waals surface area contributed by atoms with E-state index in [0.717, 1.165) is 0 Å². The number of carbonyl (C=O) groups excluding carboxylic acids is 1. The van der Waals surface area contributed by atoms with E-state index in [9.17, 15) is 9.90 Å². The summed E-state index contributed by atoms with van der Waals surface area (Å²) in [4.78, 5) is 14.0. The van der Waals surface area contributed by atoms with Gasteiger partial charge in [0.2, 0.25) is 5.91 Å². The van der Waals surface area contributed by atoms with Gasteiger partial charge in [-0.05, 0) is 27.7 Å². The van der Waals surface area contributed by atoms with Crippen molar-refractivity contribution in [1.29, 1.82) is 0 Å². The van der Waals surface area contributed by atoms with Gasteiger partial charge >= 0.3 is 0 Å². The number of hydrogen-bond acceptors (Lipinski definition) is 5. The molecule has 0 radical (unpaired) electrons. The van der Waals surface area contributed by atoms with E-state index in [1.165, 1.54) is 4.68 Å². The fraction of sp³-hybridized carbons (Fsp3) is 0.769. The van der Waals surface area contributed by atoms with Gasteiger partial charge in [-0.3, -0.25) is 4.79 Å². The normalized spacial score (nSPS) is 23.9. The Morgan fingerprint density at radius 2 is 2.05 bits per heavy atom. The Kier molecular flexibility index (Phi) is 4.10. The molecule has 20 heavy (non-hydrogen) atoms. The second-order valence-corrected chi connectivity index (χ2v) is 5.92. The second-order valence-electron chi connectivity index (χ2n) is 5.92. The molecular formula is C13H22N4O3. The standard InChI is InChI=1S/C13H22N4O3/c1-9-5-16(6-10(2)20-9)12(18)8-17-7-11(14-15-17)13(3,4)19/h7,9-10,19H,5-6,8H2,1-4H3. The lowest BCUT2D eigenvalue weighted by molar-refractivity contribution is -0.144. The van der Waals surface area contributed by atoms with Crippen molar-refractivity contribution in [3.63, 3.8) is 0 Å². The Labute approximate surface area is 118 Å². The summed E-state index contributed by atoms with van der Waals surface area (Å²) in [6.07, 6.45) is 1.70. The summed E-state index contributed by atoms with van der Waals surface area (Å²) in [5.74, 6) is -0.0146. The van der Waals surface area contributed by atoms with Gasteiger partial charge in [0.25, 0.3) is 0 Å².